The van der Waals surface area contributed by atoms with Crippen LogP contribution in [0.5, 0.6) is 5.75 Å². The van der Waals surface area contributed by atoms with Crippen LogP contribution < -0.4 is 16.2 Å². The number of aromatic amines is 1. The Hall–Kier alpha value is -2.74. The average molecular weight is 324 g/mol. The van der Waals surface area contributed by atoms with Crippen molar-refractivity contribution in [3.8, 4) is 5.75 Å². The van der Waals surface area contributed by atoms with Gasteiger partial charge in [-0.1, -0.05) is 11.6 Å². The Morgan fingerprint density at radius 2 is 2.09 bits per heavy atom. The lowest BCUT2D eigenvalue weighted by Gasteiger charge is -2.12. The normalized spacial score (nSPS) is 10.5. The van der Waals surface area contributed by atoms with E-state index in [1.807, 2.05) is 0 Å². The molecule has 0 bridgehead atoms. The Kier molecular flexibility index (Phi) is 4.22. The molecule has 2 rings (SSSR count). The molecule has 2 aromatic rings. The SMILES string of the molecule is CN(C(=N)N)C(=O)c1cc2c(Cl)ccc(OCC(N)=O)c2[nH]1. The predicted molar refractivity (Wildman–Crippen MR) is 82.0 cm³/mol. The van der Waals surface area contributed by atoms with Gasteiger partial charge in [-0.15, -0.1) is 0 Å². The molecule has 1 aromatic carbocycles. The van der Waals surface area contributed by atoms with E-state index < -0.39 is 11.8 Å². The van der Waals surface area contributed by atoms with Gasteiger partial charge in [0.2, 0.25) is 0 Å². The topological polar surface area (TPSA) is 138 Å². The molecule has 0 aliphatic heterocycles. The third kappa shape index (κ3) is 2.96. The molecule has 0 saturated heterocycles. The highest BCUT2D eigenvalue weighted by Crippen LogP contribution is 2.32. The van der Waals surface area contributed by atoms with Crippen LogP contribution in [-0.4, -0.2) is 41.3 Å². The molecule has 9 heteroatoms. The van der Waals surface area contributed by atoms with Crippen LogP contribution >= 0.6 is 11.6 Å². The summed E-state index contributed by atoms with van der Waals surface area (Å²) in [6.45, 7) is -0.299. The minimum absolute atomic E-state index is 0.185. The standard InChI is InChI=1S/C13H14ClN5O3/c1-19(13(16)17)12(21)8-4-6-7(14)2-3-9(11(6)18-8)22-5-10(15)20/h2-4,18H,5H2,1H3,(H2,15,20)(H3,16,17). The van der Waals surface area contributed by atoms with Crippen molar-refractivity contribution in [2.45, 2.75) is 0 Å². The number of ether oxygens (including phenoxy) is 1. The molecule has 0 fully saturated rings. The molecule has 116 valence electrons. The summed E-state index contributed by atoms with van der Waals surface area (Å²) in [5.74, 6) is -1.18. The van der Waals surface area contributed by atoms with Crippen LogP contribution in [0.4, 0.5) is 0 Å². The van der Waals surface area contributed by atoms with Crippen molar-refractivity contribution in [3.63, 3.8) is 0 Å². The van der Waals surface area contributed by atoms with Crippen molar-refractivity contribution in [2.75, 3.05) is 13.7 Å². The minimum Gasteiger partial charge on any atom is -0.482 e. The van der Waals surface area contributed by atoms with Crippen molar-refractivity contribution in [3.05, 3.63) is 28.9 Å². The Bertz CT molecular complexity index is 770. The van der Waals surface area contributed by atoms with Gasteiger partial charge in [0, 0.05) is 12.4 Å². The van der Waals surface area contributed by atoms with Crippen molar-refractivity contribution in [1.82, 2.24) is 9.88 Å². The summed E-state index contributed by atoms with van der Waals surface area (Å²) in [5, 5.41) is 8.23. The third-order valence-corrected chi connectivity index (χ3v) is 3.30. The van der Waals surface area contributed by atoms with Crippen LogP contribution in [0.2, 0.25) is 5.02 Å². The van der Waals surface area contributed by atoms with Crippen LogP contribution in [0.3, 0.4) is 0 Å². The number of guanidine groups is 1. The van der Waals surface area contributed by atoms with Crippen LogP contribution in [0.1, 0.15) is 10.5 Å². The predicted octanol–water partition coefficient (Wildman–Crippen LogP) is 0.651. The molecule has 1 aromatic heterocycles. The monoisotopic (exact) mass is 323 g/mol. The van der Waals surface area contributed by atoms with Gasteiger partial charge in [0.1, 0.15) is 11.4 Å². The number of benzene rings is 1. The zero-order valence-electron chi connectivity index (χ0n) is 11.6. The fourth-order valence-electron chi connectivity index (χ4n) is 1.83. The van der Waals surface area contributed by atoms with Crippen LogP contribution in [0.15, 0.2) is 18.2 Å². The molecule has 1 heterocycles. The maximum absolute atomic E-state index is 12.2. The van der Waals surface area contributed by atoms with Gasteiger partial charge in [0.15, 0.2) is 12.6 Å². The van der Waals surface area contributed by atoms with Gasteiger partial charge >= 0.3 is 0 Å². The number of aromatic nitrogens is 1. The number of hydrogen-bond acceptors (Lipinski definition) is 4. The van der Waals surface area contributed by atoms with Crippen molar-refractivity contribution >= 4 is 40.3 Å². The smallest absolute Gasteiger partial charge is 0.276 e. The highest BCUT2D eigenvalue weighted by Gasteiger charge is 2.19. The number of fused-ring (bicyclic) bond motifs is 1. The van der Waals surface area contributed by atoms with E-state index in [0.717, 1.165) is 4.90 Å². The third-order valence-electron chi connectivity index (χ3n) is 2.97. The highest BCUT2D eigenvalue weighted by atomic mass is 35.5. The first kappa shape index (κ1) is 15.6. The number of hydrogen-bond donors (Lipinski definition) is 4. The van der Waals surface area contributed by atoms with Crippen LogP contribution in [-0.2, 0) is 4.79 Å². The van der Waals surface area contributed by atoms with Gasteiger partial charge in [0.05, 0.1) is 10.5 Å². The number of carbonyl (C=O) groups is 2. The quantitative estimate of drug-likeness (QED) is 0.484. The molecule has 0 aliphatic rings. The molecule has 0 atom stereocenters. The molecular weight excluding hydrogens is 310 g/mol. The van der Waals surface area contributed by atoms with Gasteiger partial charge in [-0.25, -0.2) is 0 Å². The molecule has 2 amide bonds. The van der Waals surface area contributed by atoms with Gasteiger partial charge in [-0.2, -0.15) is 0 Å². The van der Waals surface area contributed by atoms with E-state index in [0.29, 0.717) is 21.7 Å². The lowest BCUT2D eigenvalue weighted by Crippen LogP contribution is -2.38. The van der Waals surface area contributed by atoms with Crippen LogP contribution in [0, 0.1) is 5.41 Å². The number of halogens is 1. The summed E-state index contributed by atoms with van der Waals surface area (Å²) in [7, 11) is 1.38. The largest absolute Gasteiger partial charge is 0.482 e. The maximum Gasteiger partial charge on any atom is 0.276 e. The van der Waals surface area contributed by atoms with E-state index in [9.17, 15) is 9.59 Å². The first-order valence-corrected chi connectivity index (χ1v) is 6.53. The van der Waals surface area contributed by atoms with Crippen molar-refractivity contribution in [2.24, 2.45) is 11.5 Å². The molecule has 0 unspecified atom stereocenters. The van der Waals surface area contributed by atoms with E-state index in [-0.39, 0.29) is 18.3 Å². The summed E-state index contributed by atoms with van der Waals surface area (Å²) >= 11 is 6.09. The first-order valence-electron chi connectivity index (χ1n) is 6.15. The Balaban J connectivity index is 2.46. The van der Waals surface area contributed by atoms with Crippen molar-refractivity contribution in [1.29, 1.82) is 5.41 Å². The number of nitrogens with zero attached hydrogens (tertiary/aromatic N) is 1. The number of carbonyl (C=O) groups excluding carboxylic acids is 2. The summed E-state index contributed by atoms with van der Waals surface area (Å²) in [6.07, 6.45) is 0. The Morgan fingerprint density at radius 3 is 2.68 bits per heavy atom. The lowest BCUT2D eigenvalue weighted by atomic mass is 10.2. The number of H-pyrrole nitrogens is 1. The number of primary amides is 1. The zero-order valence-corrected chi connectivity index (χ0v) is 12.4. The summed E-state index contributed by atoms with van der Waals surface area (Å²) in [4.78, 5) is 26.8. The molecule has 8 nitrogen and oxygen atoms in total. The van der Waals surface area contributed by atoms with Crippen molar-refractivity contribution < 1.29 is 14.3 Å². The number of rotatable bonds is 4. The molecule has 22 heavy (non-hydrogen) atoms. The number of nitrogens with one attached hydrogen (secondary N) is 2. The van der Waals surface area contributed by atoms with Gasteiger partial charge < -0.3 is 21.2 Å². The van der Waals surface area contributed by atoms with E-state index >= 15 is 0 Å². The van der Waals surface area contributed by atoms with E-state index in [1.54, 1.807) is 12.1 Å². The molecular formula is C13H14ClN5O3. The second-order valence-electron chi connectivity index (χ2n) is 4.52. The van der Waals surface area contributed by atoms with E-state index in [1.165, 1.54) is 13.1 Å². The summed E-state index contributed by atoms with van der Waals surface area (Å²) < 4.78 is 5.28. The molecule has 0 spiro atoms. The number of amides is 2. The fourth-order valence-corrected chi connectivity index (χ4v) is 2.05. The van der Waals surface area contributed by atoms with Gasteiger partial charge in [-0.05, 0) is 18.2 Å². The fraction of sp³-hybridized carbons (Fsp3) is 0.154. The lowest BCUT2D eigenvalue weighted by molar-refractivity contribution is -0.119. The highest BCUT2D eigenvalue weighted by molar-refractivity contribution is 6.35. The Labute approximate surface area is 130 Å². The second-order valence-corrected chi connectivity index (χ2v) is 4.93. The van der Waals surface area contributed by atoms with E-state index in [2.05, 4.69) is 4.98 Å². The molecule has 0 saturated carbocycles. The first-order chi connectivity index (χ1) is 10.3. The summed E-state index contributed by atoms with van der Waals surface area (Å²) in [6, 6.07) is 4.67. The minimum atomic E-state index is -0.623. The van der Waals surface area contributed by atoms with Gasteiger partial charge in [0.25, 0.3) is 11.8 Å². The van der Waals surface area contributed by atoms with Gasteiger partial charge in [-0.3, -0.25) is 19.9 Å². The average Bonchev–Trinajstić information content (AvgIpc) is 2.90. The maximum atomic E-state index is 12.2. The summed E-state index contributed by atoms with van der Waals surface area (Å²) in [5.41, 5.74) is 11.0. The molecule has 0 radical (unpaired) electrons. The van der Waals surface area contributed by atoms with Crippen LogP contribution in [0.25, 0.3) is 10.9 Å². The van der Waals surface area contributed by atoms with E-state index in [4.69, 9.17) is 33.2 Å². The second kappa shape index (κ2) is 5.94. The number of nitrogens with two attached hydrogens (primary N) is 2. The molecule has 6 N–H and O–H groups in total. The zero-order chi connectivity index (χ0) is 16.4. The Morgan fingerprint density at radius 1 is 1.41 bits per heavy atom. The molecule has 0 aliphatic carbocycles.